The summed E-state index contributed by atoms with van der Waals surface area (Å²) in [6.07, 6.45) is 3.19. The molecule has 0 aliphatic carbocycles. The standard InChI is InChI=1S/C26H27ClFN3O3/c1-26(2,3)34-25(33)30-17-9-11-31(12-10-17)24-19-13-16(27)7-8-23(19)29-14-20(24)18-5-4-6-22(28)21(18)15-32/h4-8,13-15,17H,9-12H2,1-3H3,(H,30,33). The predicted octanol–water partition coefficient (Wildman–Crippen LogP) is 6.00. The molecule has 0 saturated carbocycles. The average molecular weight is 484 g/mol. The number of alkyl carbamates (subject to hydrolysis) is 1. The van der Waals surface area contributed by atoms with E-state index >= 15 is 0 Å². The molecule has 1 aliphatic heterocycles. The van der Waals surface area contributed by atoms with Crippen LogP contribution < -0.4 is 10.2 Å². The van der Waals surface area contributed by atoms with Gasteiger partial charge in [-0.3, -0.25) is 9.78 Å². The van der Waals surface area contributed by atoms with Gasteiger partial charge in [0.25, 0.3) is 0 Å². The van der Waals surface area contributed by atoms with Crippen LogP contribution in [0.5, 0.6) is 0 Å². The summed E-state index contributed by atoms with van der Waals surface area (Å²) >= 11 is 6.32. The molecule has 0 bridgehead atoms. The molecule has 1 fully saturated rings. The number of carbonyl (C=O) groups excluding carboxylic acids is 2. The summed E-state index contributed by atoms with van der Waals surface area (Å²) < 4.78 is 19.8. The number of anilines is 1. The maximum atomic E-state index is 14.4. The van der Waals surface area contributed by atoms with E-state index in [0.717, 1.165) is 16.6 Å². The van der Waals surface area contributed by atoms with Crippen molar-refractivity contribution in [3.63, 3.8) is 0 Å². The van der Waals surface area contributed by atoms with Gasteiger partial charge in [-0.2, -0.15) is 0 Å². The number of nitrogens with one attached hydrogen (secondary N) is 1. The van der Waals surface area contributed by atoms with E-state index in [-0.39, 0.29) is 11.6 Å². The number of carbonyl (C=O) groups is 2. The molecular weight excluding hydrogens is 457 g/mol. The van der Waals surface area contributed by atoms with Crippen molar-refractivity contribution in [3.8, 4) is 11.1 Å². The van der Waals surface area contributed by atoms with Crippen LogP contribution in [0.1, 0.15) is 44.0 Å². The Bertz CT molecular complexity index is 1230. The van der Waals surface area contributed by atoms with Gasteiger partial charge in [-0.25, -0.2) is 9.18 Å². The minimum atomic E-state index is -0.579. The Morgan fingerprint density at radius 2 is 1.94 bits per heavy atom. The van der Waals surface area contributed by atoms with E-state index in [1.54, 1.807) is 24.4 Å². The smallest absolute Gasteiger partial charge is 0.407 e. The number of rotatable bonds is 4. The molecule has 1 N–H and O–H groups in total. The first kappa shape index (κ1) is 24.0. The van der Waals surface area contributed by atoms with Crippen molar-refractivity contribution in [3.05, 3.63) is 59.0 Å². The van der Waals surface area contributed by atoms with Crippen LogP contribution in [-0.4, -0.2) is 42.1 Å². The number of hydrogen-bond donors (Lipinski definition) is 1. The number of halogens is 2. The lowest BCUT2D eigenvalue weighted by molar-refractivity contribution is 0.0497. The van der Waals surface area contributed by atoms with Crippen LogP contribution in [0, 0.1) is 5.82 Å². The lowest BCUT2D eigenvalue weighted by Crippen LogP contribution is -2.46. The first-order valence-electron chi connectivity index (χ1n) is 11.2. The number of aldehydes is 1. The van der Waals surface area contributed by atoms with Crippen LogP contribution in [0.3, 0.4) is 0 Å². The summed E-state index contributed by atoms with van der Waals surface area (Å²) in [5.74, 6) is -0.579. The lowest BCUT2D eigenvalue weighted by Gasteiger charge is -2.36. The summed E-state index contributed by atoms with van der Waals surface area (Å²) in [5, 5.41) is 4.33. The summed E-state index contributed by atoms with van der Waals surface area (Å²) in [4.78, 5) is 30.7. The molecule has 1 aliphatic rings. The number of piperidine rings is 1. The highest BCUT2D eigenvalue weighted by Crippen LogP contribution is 2.40. The van der Waals surface area contributed by atoms with Gasteiger partial charge in [0, 0.05) is 41.3 Å². The second-order valence-corrected chi connectivity index (χ2v) is 9.84. The number of ether oxygens (including phenoxy) is 1. The molecule has 1 aromatic heterocycles. The Balaban J connectivity index is 1.69. The number of aromatic nitrogens is 1. The highest BCUT2D eigenvalue weighted by molar-refractivity contribution is 6.31. The Labute approximate surface area is 203 Å². The minimum absolute atomic E-state index is 0.00611. The molecular formula is C26H27ClFN3O3. The third-order valence-corrected chi connectivity index (χ3v) is 6.03. The molecule has 3 aromatic rings. The third-order valence-electron chi connectivity index (χ3n) is 5.79. The first-order valence-corrected chi connectivity index (χ1v) is 11.6. The number of pyridine rings is 1. The van der Waals surface area contributed by atoms with Gasteiger partial charge in [-0.15, -0.1) is 0 Å². The van der Waals surface area contributed by atoms with E-state index < -0.39 is 17.5 Å². The maximum absolute atomic E-state index is 14.4. The van der Waals surface area contributed by atoms with Crippen molar-refractivity contribution in [1.29, 1.82) is 0 Å². The van der Waals surface area contributed by atoms with E-state index in [1.165, 1.54) is 6.07 Å². The molecule has 2 aromatic carbocycles. The van der Waals surface area contributed by atoms with Crippen molar-refractivity contribution in [2.45, 2.75) is 45.3 Å². The summed E-state index contributed by atoms with van der Waals surface area (Å²) in [6.45, 7) is 6.78. The maximum Gasteiger partial charge on any atom is 0.407 e. The topological polar surface area (TPSA) is 71.5 Å². The number of benzene rings is 2. The quantitative estimate of drug-likeness (QED) is 0.461. The Morgan fingerprint density at radius 3 is 2.62 bits per heavy atom. The minimum Gasteiger partial charge on any atom is -0.444 e. The van der Waals surface area contributed by atoms with Crippen molar-refractivity contribution in [2.75, 3.05) is 18.0 Å². The van der Waals surface area contributed by atoms with Crippen LogP contribution in [0.15, 0.2) is 42.6 Å². The second kappa shape index (κ2) is 9.58. The SMILES string of the molecule is CC(C)(C)OC(=O)NC1CCN(c2c(-c3cccc(F)c3C=O)cnc3ccc(Cl)cc23)CC1. The number of fused-ring (bicyclic) bond motifs is 1. The molecule has 178 valence electrons. The van der Waals surface area contributed by atoms with E-state index in [2.05, 4.69) is 15.2 Å². The van der Waals surface area contributed by atoms with Gasteiger partial charge >= 0.3 is 6.09 Å². The number of amides is 1. The fourth-order valence-corrected chi connectivity index (χ4v) is 4.47. The molecule has 1 amide bonds. The van der Waals surface area contributed by atoms with Gasteiger partial charge in [-0.05, 0) is 63.4 Å². The van der Waals surface area contributed by atoms with Crippen LogP contribution >= 0.6 is 11.6 Å². The molecule has 0 spiro atoms. The Morgan fingerprint density at radius 1 is 1.21 bits per heavy atom. The molecule has 8 heteroatoms. The second-order valence-electron chi connectivity index (χ2n) is 9.41. The van der Waals surface area contributed by atoms with Gasteiger partial charge in [0.1, 0.15) is 11.4 Å². The van der Waals surface area contributed by atoms with Gasteiger partial charge in [0.2, 0.25) is 0 Å². The van der Waals surface area contributed by atoms with Gasteiger partial charge in [0.15, 0.2) is 6.29 Å². The summed E-state index contributed by atoms with van der Waals surface area (Å²) in [7, 11) is 0. The van der Waals surface area contributed by atoms with Crippen molar-refractivity contribution in [2.24, 2.45) is 0 Å². The molecule has 0 atom stereocenters. The molecule has 0 unspecified atom stereocenters. The van der Waals surface area contributed by atoms with Crippen molar-refractivity contribution < 1.29 is 18.7 Å². The number of nitrogens with zero attached hydrogens (tertiary/aromatic N) is 2. The average Bonchev–Trinajstić information content (AvgIpc) is 2.77. The van der Waals surface area contributed by atoms with E-state index in [0.29, 0.717) is 48.4 Å². The zero-order valence-electron chi connectivity index (χ0n) is 19.4. The van der Waals surface area contributed by atoms with Gasteiger partial charge in [0.05, 0.1) is 16.8 Å². The molecule has 34 heavy (non-hydrogen) atoms. The molecule has 1 saturated heterocycles. The summed E-state index contributed by atoms with van der Waals surface area (Å²) in [6, 6.07) is 10.0. The third kappa shape index (κ3) is 5.14. The Hall–Kier alpha value is -3.19. The van der Waals surface area contributed by atoms with Crippen LogP contribution in [-0.2, 0) is 4.74 Å². The van der Waals surface area contributed by atoms with Crippen molar-refractivity contribution >= 4 is 40.6 Å². The van der Waals surface area contributed by atoms with Crippen molar-refractivity contribution in [1.82, 2.24) is 10.3 Å². The normalized spacial score (nSPS) is 14.8. The van der Waals surface area contributed by atoms with Crippen LogP contribution in [0.2, 0.25) is 5.02 Å². The fourth-order valence-electron chi connectivity index (χ4n) is 4.30. The predicted molar refractivity (Wildman–Crippen MR) is 132 cm³/mol. The van der Waals surface area contributed by atoms with E-state index in [4.69, 9.17) is 16.3 Å². The molecule has 6 nitrogen and oxygen atoms in total. The van der Waals surface area contributed by atoms with E-state index in [9.17, 15) is 14.0 Å². The monoisotopic (exact) mass is 483 g/mol. The van der Waals surface area contributed by atoms with Crippen LogP contribution in [0.4, 0.5) is 14.9 Å². The highest BCUT2D eigenvalue weighted by Gasteiger charge is 2.27. The summed E-state index contributed by atoms with van der Waals surface area (Å²) in [5.41, 5.74) is 2.17. The zero-order valence-corrected chi connectivity index (χ0v) is 20.2. The van der Waals surface area contributed by atoms with Crippen LogP contribution in [0.25, 0.3) is 22.0 Å². The largest absolute Gasteiger partial charge is 0.444 e. The lowest BCUT2D eigenvalue weighted by atomic mass is 9.95. The molecule has 0 radical (unpaired) electrons. The Kier molecular flexibility index (Phi) is 6.75. The number of hydrogen-bond acceptors (Lipinski definition) is 5. The first-order chi connectivity index (χ1) is 16.2. The molecule has 4 rings (SSSR count). The van der Waals surface area contributed by atoms with E-state index in [1.807, 2.05) is 32.9 Å². The van der Waals surface area contributed by atoms with Gasteiger partial charge in [-0.1, -0.05) is 23.7 Å². The fraction of sp³-hybridized carbons (Fsp3) is 0.346. The molecule has 2 heterocycles. The zero-order chi connectivity index (χ0) is 24.5. The highest BCUT2D eigenvalue weighted by atomic mass is 35.5. The van der Waals surface area contributed by atoms with Gasteiger partial charge < -0.3 is 15.0 Å².